The van der Waals surface area contributed by atoms with Gasteiger partial charge in [0.1, 0.15) is 24.1 Å². The number of nitrogens with one attached hydrogen (secondary N) is 1. The quantitative estimate of drug-likeness (QED) is 0.317. The molecule has 1 N–H and O–H groups in total. The molecule has 3 rings (SSSR count). The number of halogens is 1. The number of hydrogen-bond acceptors (Lipinski definition) is 6. The second kappa shape index (κ2) is 13.9. The lowest BCUT2D eigenvalue weighted by atomic mass is 10.0. The van der Waals surface area contributed by atoms with Crippen LogP contribution < -0.4 is 19.1 Å². The summed E-state index contributed by atoms with van der Waals surface area (Å²) in [5, 5.41) is 3.52. The zero-order chi connectivity index (χ0) is 31.1. The first-order valence-corrected chi connectivity index (χ1v) is 15.5. The number of rotatable bonds is 12. The topological polar surface area (TPSA) is 105 Å². The molecule has 9 nitrogen and oxygen atoms in total. The van der Waals surface area contributed by atoms with Crippen molar-refractivity contribution in [3.05, 3.63) is 88.9 Å². The molecule has 0 radical (unpaired) electrons. The average Bonchev–Trinajstić information content (AvgIpc) is 2.93. The molecule has 3 aromatic carbocycles. The maximum atomic E-state index is 14.2. The Morgan fingerprint density at radius 3 is 2.12 bits per heavy atom. The van der Waals surface area contributed by atoms with Gasteiger partial charge in [-0.05, 0) is 56.2 Å². The Kier molecular flexibility index (Phi) is 10.9. The van der Waals surface area contributed by atoms with Crippen LogP contribution in [0.5, 0.6) is 11.5 Å². The van der Waals surface area contributed by atoms with Crippen LogP contribution in [0.25, 0.3) is 0 Å². The number of methoxy groups -OCH3 is 2. The molecule has 0 heterocycles. The summed E-state index contributed by atoms with van der Waals surface area (Å²) in [6.45, 7) is 5.03. The Balaban J connectivity index is 2.12. The van der Waals surface area contributed by atoms with Crippen molar-refractivity contribution in [1.29, 1.82) is 0 Å². The molecule has 226 valence electrons. The van der Waals surface area contributed by atoms with Gasteiger partial charge in [-0.25, -0.2) is 8.42 Å². The summed E-state index contributed by atoms with van der Waals surface area (Å²) in [5.41, 5.74) is 1.13. The number of benzene rings is 3. The Morgan fingerprint density at radius 2 is 1.57 bits per heavy atom. The van der Waals surface area contributed by atoms with E-state index in [9.17, 15) is 18.0 Å². The largest absolute Gasteiger partial charge is 0.497 e. The Morgan fingerprint density at radius 1 is 0.929 bits per heavy atom. The number of hydrogen-bond donors (Lipinski definition) is 1. The minimum absolute atomic E-state index is 0.0396. The monoisotopic (exact) mass is 615 g/mol. The third-order valence-electron chi connectivity index (χ3n) is 6.37. The van der Waals surface area contributed by atoms with Gasteiger partial charge in [-0.15, -0.1) is 0 Å². The van der Waals surface area contributed by atoms with Crippen molar-refractivity contribution in [2.24, 2.45) is 0 Å². The Bertz CT molecular complexity index is 1470. The molecule has 0 saturated carbocycles. The number of anilines is 1. The molecule has 0 unspecified atom stereocenters. The van der Waals surface area contributed by atoms with Crippen molar-refractivity contribution < 1.29 is 27.5 Å². The minimum atomic E-state index is -3.98. The standard InChI is InChI=1S/C31H38ClN3O6S/c1-31(2,3)33-30(37)27(18-22-10-8-7-9-11-22)34(20-23-12-14-24(32)15-13-23)29(36)21-35(42(6,38)39)26-19-25(40-4)16-17-28(26)41-5/h7-17,19,27H,18,20-21H2,1-6H3,(H,33,37)/t27-/m0/s1. The molecule has 0 aliphatic rings. The molecule has 11 heteroatoms. The fourth-order valence-corrected chi connectivity index (χ4v) is 5.35. The van der Waals surface area contributed by atoms with Crippen LogP contribution in [0.3, 0.4) is 0 Å². The smallest absolute Gasteiger partial charge is 0.244 e. The van der Waals surface area contributed by atoms with Gasteiger partial charge in [-0.3, -0.25) is 13.9 Å². The van der Waals surface area contributed by atoms with E-state index in [4.69, 9.17) is 21.1 Å². The first-order valence-electron chi connectivity index (χ1n) is 13.3. The summed E-state index contributed by atoms with van der Waals surface area (Å²) in [4.78, 5) is 29.5. The zero-order valence-electron chi connectivity index (χ0n) is 24.8. The normalized spacial score (nSPS) is 12.3. The fraction of sp³-hybridized carbons (Fsp3) is 0.355. The number of carbonyl (C=O) groups excluding carboxylic acids is 2. The first kappa shape index (κ1) is 32.8. The van der Waals surface area contributed by atoms with Crippen LogP contribution in [0.1, 0.15) is 31.9 Å². The lowest BCUT2D eigenvalue weighted by molar-refractivity contribution is -0.140. The van der Waals surface area contributed by atoms with Gasteiger partial charge >= 0.3 is 0 Å². The molecule has 0 saturated heterocycles. The van der Waals surface area contributed by atoms with Crippen LogP contribution in [0, 0.1) is 0 Å². The van der Waals surface area contributed by atoms with E-state index >= 15 is 0 Å². The van der Waals surface area contributed by atoms with E-state index in [0.717, 1.165) is 21.7 Å². The van der Waals surface area contributed by atoms with E-state index in [1.807, 2.05) is 51.1 Å². The van der Waals surface area contributed by atoms with Gasteiger partial charge in [0.15, 0.2) is 0 Å². The van der Waals surface area contributed by atoms with Gasteiger partial charge < -0.3 is 19.7 Å². The van der Waals surface area contributed by atoms with Gasteiger partial charge in [-0.1, -0.05) is 54.1 Å². The van der Waals surface area contributed by atoms with E-state index in [-0.39, 0.29) is 30.3 Å². The summed E-state index contributed by atoms with van der Waals surface area (Å²) >= 11 is 6.10. The third kappa shape index (κ3) is 9.12. The van der Waals surface area contributed by atoms with Crippen LogP contribution >= 0.6 is 11.6 Å². The average molecular weight is 616 g/mol. The SMILES string of the molecule is COc1ccc(OC)c(N(CC(=O)N(Cc2ccc(Cl)cc2)[C@@H](Cc2ccccc2)C(=O)NC(C)(C)C)S(C)(=O)=O)c1. The number of ether oxygens (including phenoxy) is 2. The van der Waals surface area contributed by atoms with E-state index in [1.165, 1.54) is 25.2 Å². The zero-order valence-corrected chi connectivity index (χ0v) is 26.3. The van der Waals surface area contributed by atoms with Crippen LogP contribution in [0.2, 0.25) is 5.02 Å². The van der Waals surface area contributed by atoms with Gasteiger partial charge in [0.2, 0.25) is 21.8 Å². The van der Waals surface area contributed by atoms with Crippen LogP contribution in [-0.2, 0) is 32.6 Å². The third-order valence-corrected chi connectivity index (χ3v) is 7.75. The molecular formula is C31H38ClN3O6S. The summed E-state index contributed by atoms with van der Waals surface area (Å²) < 4.78 is 37.9. The van der Waals surface area contributed by atoms with Crippen molar-refractivity contribution >= 4 is 39.1 Å². The molecular weight excluding hydrogens is 578 g/mol. The molecule has 1 atom stereocenters. The molecule has 0 bridgehead atoms. The Hall–Kier alpha value is -3.76. The van der Waals surface area contributed by atoms with Gasteiger partial charge in [-0.2, -0.15) is 0 Å². The highest BCUT2D eigenvalue weighted by atomic mass is 35.5. The molecule has 0 fully saturated rings. The van der Waals surface area contributed by atoms with E-state index in [2.05, 4.69) is 5.32 Å². The summed E-state index contributed by atoms with van der Waals surface area (Å²) in [7, 11) is -1.12. The minimum Gasteiger partial charge on any atom is -0.497 e. The number of nitrogens with zero attached hydrogens (tertiary/aromatic N) is 2. The number of carbonyl (C=O) groups is 2. The van der Waals surface area contributed by atoms with Crippen LogP contribution in [0.4, 0.5) is 5.69 Å². The number of amides is 2. The van der Waals surface area contributed by atoms with Crippen molar-refractivity contribution in [2.45, 2.75) is 45.3 Å². The predicted molar refractivity (Wildman–Crippen MR) is 166 cm³/mol. The van der Waals surface area contributed by atoms with Crippen molar-refractivity contribution in [3.63, 3.8) is 0 Å². The summed E-state index contributed by atoms with van der Waals surface area (Å²) in [5.74, 6) is -0.315. The highest BCUT2D eigenvalue weighted by molar-refractivity contribution is 7.92. The lowest BCUT2D eigenvalue weighted by Gasteiger charge is -2.35. The number of sulfonamides is 1. The molecule has 2 amide bonds. The van der Waals surface area contributed by atoms with Crippen LogP contribution in [-0.4, -0.2) is 63.7 Å². The van der Waals surface area contributed by atoms with E-state index in [0.29, 0.717) is 10.8 Å². The molecule has 3 aromatic rings. The molecule has 42 heavy (non-hydrogen) atoms. The second-order valence-corrected chi connectivity index (χ2v) is 13.2. The van der Waals surface area contributed by atoms with E-state index < -0.39 is 34.1 Å². The highest BCUT2D eigenvalue weighted by Crippen LogP contribution is 2.34. The fourth-order valence-electron chi connectivity index (χ4n) is 4.38. The van der Waals surface area contributed by atoms with E-state index in [1.54, 1.807) is 36.4 Å². The van der Waals surface area contributed by atoms with Gasteiger partial charge in [0, 0.05) is 29.6 Å². The molecule has 0 aliphatic heterocycles. The molecule has 0 spiro atoms. The van der Waals surface area contributed by atoms with Crippen molar-refractivity contribution in [3.8, 4) is 11.5 Å². The molecule has 0 aromatic heterocycles. The summed E-state index contributed by atoms with van der Waals surface area (Å²) in [6, 6.07) is 20.0. The Labute approximate surface area is 253 Å². The maximum absolute atomic E-state index is 14.2. The van der Waals surface area contributed by atoms with Gasteiger partial charge in [0.25, 0.3) is 0 Å². The van der Waals surface area contributed by atoms with Crippen molar-refractivity contribution in [2.75, 3.05) is 31.3 Å². The predicted octanol–water partition coefficient (Wildman–Crippen LogP) is 4.68. The summed E-state index contributed by atoms with van der Waals surface area (Å²) in [6.07, 6.45) is 1.22. The molecule has 0 aliphatic carbocycles. The maximum Gasteiger partial charge on any atom is 0.244 e. The lowest BCUT2D eigenvalue weighted by Crippen LogP contribution is -2.56. The second-order valence-electron chi connectivity index (χ2n) is 10.9. The van der Waals surface area contributed by atoms with Crippen LogP contribution in [0.15, 0.2) is 72.8 Å². The first-order chi connectivity index (χ1) is 19.7. The highest BCUT2D eigenvalue weighted by Gasteiger charge is 2.35. The van der Waals surface area contributed by atoms with Crippen molar-refractivity contribution in [1.82, 2.24) is 10.2 Å². The van der Waals surface area contributed by atoms with Gasteiger partial charge in [0.05, 0.1) is 26.2 Å².